The maximum absolute atomic E-state index is 13.3. The normalized spacial score (nSPS) is 18.0. The molecule has 1 aliphatic heterocycles. The number of ketones is 1. The van der Waals surface area contributed by atoms with E-state index in [0.29, 0.717) is 41.7 Å². The number of aromatic hydroxyl groups is 1. The smallest absolute Gasteiger partial charge is 0.336 e. The molecule has 0 saturated carbocycles. The number of hydrogen-bond acceptors (Lipinski definition) is 6. The first-order valence-corrected chi connectivity index (χ1v) is 11.3. The van der Waals surface area contributed by atoms with Crippen LogP contribution < -0.4 is 10.1 Å². The van der Waals surface area contributed by atoms with Gasteiger partial charge in [0.15, 0.2) is 17.3 Å². The first kappa shape index (κ1) is 22.9. The third-order valence-corrected chi connectivity index (χ3v) is 6.35. The number of benzene rings is 2. The van der Waals surface area contributed by atoms with Crippen LogP contribution in [-0.2, 0) is 20.7 Å². The number of rotatable bonds is 6. The van der Waals surface area contributed by atoms with E-state index >= 15 is 0 Å². The second kappa shape index (κ2) is 9.71. The molecule has 0 aromatic heterocycles. The fraction of sp³-hybridized carbons (Fsp3) is 0.308. The van der Waals surface area contributed by atoms with Crippen molar-refractivity contribution in [3.63, 3.8) is 0 Å². The number of esters is 1. The molecule has 1 atom stereocenters. The molecule has 4 rings (SSSR count). The maximum atomic E-state index is 13.3. The molecule has 2 aromatic rings. The number of halogens is 1. The molecule has 2 aliphatic rings. The minimum absolute atomic E-state index is 0.0148. The average molecular weight is 468 g/mol. The van der Waals surface area contributed by atoms with E-state index < -0.39 is 11.9 Å². The second-order valence-electron chi connectivity index (χ2n) is 8.19. The Morgan fingerprint density at radius 1 is 1.21 bits per heavy atom. The van der Waals surface area contributed by atoms with Gasteiger partial charge in [0.1, 0.15) is 0 Å². The van der Waals surface area contributed by atoms with E-state index in [0.717, 1.165) is 17.7 Å². The molecule has 7 heteroatoms. The average Bonchev–Trinajstić information content (AvgIpc) is 2.80. The van der Waals surface area contributed by atoms with E-state index in [9.17, 15) is 14.7 Å². The van der Waals surface area contributed by atoms with Crippen molar-refractivity contribution in [2.75, 3.05) is 13.7 Å². The number of methoxy groups -OCH3 is 1. The number of dihydropyridines is 1. The van der Waals surface area contributed by atoms with E-state index in [2.05, 4.69) is 5.32 Å². The van der Waals surface area contributed by atoms with Gasteiger partial charge in [-0.05, 0) is 43.0 Å². The molecular weight excluding hydrogens is 442 g/mol. The number of ether oxygens (including phenoxy) is 2. The molecule has 0 amide bonds. The van der Waals surface area contributed by atoms with Crippen molar-refractivity contribution in [3.8, 4) is 11.5 Å². The summed E-state index contributed by atoms with van der Waals surface area (Å²) in [6.45, 7) is 2.02. The largest absolute Gasteiger partial charge is 0.503 e. The van der Waals surface area contributed by atoms with Crippen molar-refractivity contribution in [2.24, 2.45) is 0 Å². The number of nitrogens with one attached hydrogen (secondary N) is 1. The lowest BCUT2D eigenvalue weighted by molar-refractivity contribution is -0.139. The van der Waals surface area contributed by atoms with Crippen LogP contribution in [0.1, 0.15) is 43.2 Å². The molecule has 0 fully saturated rings. The quantitative estimate of drug-likeness (QED) is 0.593. The Balaban J connectivity index is 1.70. The van der Waals surface area contributed by atoms with E-state index in [1.807, 2.05) is 37.3 Å². The predicted molar refractivity (Wildman–Crippen MR) is 125 cm³/mol. The highest BCUT2D eigenvalue weighted by atomic mass is 35.5. The molecular formula is C26H26ClNO5. The molecule has 33 heavy (non-hydrogen) atoms. The Bertz CT molecular complexity index is 1150. The highest BCUT2D eigenvalue weighted by Crippen LogP contribution is 2.46. The van der Waals surface area contributed by atoms with E-state index in [-0.39, 0.29) is 28.9 Å². The number of carbonyl (C=O) groups is 2. The van der Waals surface area contributed by atoms with Gasteiger partial charge in [-0.2, -0.15) is 0 Å². The number of allylic oxidation sites excluding steroid dienone is 3. The monoisotopic (exact) mass is 467 g/mol. The molecule has 0 radical (unpaired) electrons. The predicted octanol–water partition coefficient (Wildman–Crippen LogP) is 4.81. The minimum Gasteiger partial charge on any atom is -0.503 e. The Kier molecular flexibility index (Phi) is 6.75. The molecule has 2 aromatic carbocycles. The number of carbonyl (C=O) groups excluding carboxylic acids is 2. The van der Waals surface area contributed by atoms with Gasteiger partial charge in [0.25, 0.3) is 0 Å². The first-order valence-electron chi connectivity index (χ1n) is 10.9. The van der Waals surface area contributed by atoms with Crippen molar-refractivity contribution >= 4 is 23.4 Å². The number of hydrogen-bond donors (Lipinski definition) is 2. The fourth-order valence-corrected chi connectivity index (χ4v) is 4.71. The Morgan fingerprint density at radius 2 is 1.97 bits per heavy atom. The third kappa shape index (κ3) is 4.62. The van der Waals surface area contributed by atoms with Crippen molar-refractivity contribution in [1.82, 2.24) is 5.32 Å². The molecule has 6 nitrogen and oxygen atoms in total. The van der Waals surface area contributed by atoms with Crippen molar-refractivity contribution in [2.45, 2.75) is 38.5 Å². The summed E-state index contributed by atoms with van der Waals surface area (Å²) in [6.07, 6.45) is 2.47. The van der Waals surface area contributed by atoms with Crippen LogP contribution in [0.4, 0.5) is 0 Å². The summed E-state index contributed by atoms with van der Waals surface area (Å²) in [4.78, 5) is 26.3. The molecule has 0 unspecified atom stereocenters. The van der Waals surface area contributed by atoms with Gasteiger partial charge >= 0.3 is 5.97 Å². The molecule has 0 bridgehead atoms. The van der Waals surface area contributed by atoms with Gasteiger partial charge in [0, 0.05) is 35.7 Å². The topological polar surface area (TPSA) is 84.9 Å². The van der Waals surface area contributed by atoms with E-state index in [4.69, 9.17) is 21.1 Å². The third-order valence-electron chi connectivity index (χ3n) is 6.07. The van der Waals surface area contributed by atoms with Gasteiger partial charge in [0.2, 0.25) is 0 Å². The number of phenolic OH excluding ortho intramolecular Hbond substituents is 1. The Morgan fingerprint density at radius 3 is 2.70 bits per heavy atom. The lowest BCUT2D eigenvalue weighted by Gasteiger charge is -2.34. The van der Waals surface area contributed by atoms with Crippen LogP contribution in [0.15, 0.2) is 65.0 Å². The SMILES string of the molecule is COc1cc([C@@H]2C(C(=O)OCCc3ccccc3)=C(C)NC3=C2C(=O)CCC3)cc(Cl)c1O. The molecule has 0 spiro atoms. The summed E-state index contributed by atoms with van der Waals surface area (Å²) < 4.78 is 10.9. The van der Waals surface area contributed by atoms with Crippen LogP contribution in [0, 0.1) is 0 Å². The first-order chi connectivity index (χ1) is 15.9. The van der Waals surface area contributed by atoms with Gasteiger partial charge in [-0.25, -0.2) is 4.79 Å². The summed E-state index contributed by atoms with van der Waals surface area (Å²) in [5.74, 6) is -1.18. The molecule has 1 aliphatic carbocycles. The summed E-state index contributed by atoms with van der Waals surface area (Å²) in [6, 6.07) is 13.0. The van der Waals surface area contributed by atoms with Gasteiger partial charge in [0.05, 0.1) is 24.3 Å². The summed E-state index contributed by atoms with van der Waals surface area (Å²) >= 11 is 6.26. The Hall–Kier alpha value is -3.25. The summed E-state index contributed by atoms with van der Waals surface area (Å²) in [5.41, 5.74) is 4.02. The highest BCUT2D eigenvalue weighted by molar-refractivity contribution is 6.32. The fourth-order valence-electron chi connectivity index (χ4n) is 4.49. The van der Waals surface area contributed by atoms with Crippen LogP contribution in [0.25, 0.3) is 0 Å². The second-order valence-corrected chi connectivity index (χ2v) is 8.60. The van der Waals surface area contributed by atoms with Crippen LogP contribution in [0.3, 0.4) is 0 Å². The molecule has 2 N–H and O–H groups in total. The van der Waals surface area contributed by atoms with Crippen molar-refractivity contribution in [1.29, 1.82) is 0 Å². The van der Waals surface area contributed by atoms with Crippen molar-refractivity contribution in [3.05, 3.63) is 81.2 Å². The van der Waals surface area contributed by atoms with Gasteiger partial charge in [-0.15, -0.1) is 0 Å². The van der Waals surface area contributed by atoms with E-state index in [1.54, 1.807) is 12.1 Å². The summed E-state index contributed by atoms with van der Waals surface area (Å²) in [7, 11) is 1.42. The lowest BCUT2D eigenvalue weighted by atomic mass is 9.75. The van der Waals surface area contributed by atoms with Crippen LogP contribution in [0.2, 0.25) is 5.02 Å². The van der Waals surface area contributed by atoms with Gasteiger partial charge in [-0.1, -0.05) is 41.9 Å². The van der Waals surface area contributed by atoms with Crippen LogP contribution in [0.5, 0.6) is 11.5 Å². The molecule has 172 valence electrons. The van der Waals surface area contributed by atoms with Gasteiger partial charge in [-0.3, -0.25) is 4.79 Å². The molecule has 0 saturated heterocycles. The zero-order valence-corrected chi connectivity index (χ0v) is 19.4. The highest BCUT2D eigenvalue weighted by Gasteiger charge is 2.39. The van der Waals surface area contributed by atoms with Crippen molar-refractivity contribution < 1.29 is 24.2 Å². The maximum Gasteiger partial charge on any atom is 0.336 e. The zero-order valence-electron chi connectivity index (χ0n) is 18.6. The zero-order chi connectivity index (χ0) is 23.5. The van der Waals surface area contributed by atoms with E-state index in [1.165, 1.54) is 7.11 Å². The Labute approximate surface area is 197 Å². The number of Topliss-reactive ketones (excluding diaryl/α,β-unsaturated/α-hetero) is 1. The molecule has 1 heterocycles. The minimum atomic E-state index is -0.662. The van der Waals surface area contributed by atoms with Gasteiger partial charge < -0.3 is 19.9 Å². The lowest BCUT2D eigenvalue weighted by Crippen LogP contribution is -2.34. The van der Waals surface area contributed by atoms with Crippen LogP contribution >= 0.6 is 11.6 Å². The number of phenols is 1. The van der Waals surface area contributed by atoms with Crippen LogP contribution in [-0.4, -0.2) is 30.6 Å². The summed E-state index contributed by atoms with van der Waals surface area (Å²) in [5, 5.41) is 13.6. The standard InChI is InChI=1S/C26H26ClNO5/c1-15-22(26(31)33-12-11-16-7-4-3-5-8-16)23(24-19(28-15)9-6-10-20(24)29)17-13-18(27)25(30)21(14-17)32-2/h3-5,7-8,13-14,23,28,30H,6,9-12H2,1-2H3/t23-/m1/s1.